The predicted octanol–water partition coefficient (Wildman–Crippen LogP) is 2.98. The Hall–Kier alpha value is -2.76. The van der Waals surface area contributed by atoms with Gasteiger partial charge in [-0.25, -0.2) is 14.6 Å². The second kappa shape index (κ2) is 7.34. The molecule has 1 aliphatic carbocycles. The number of para-hydroxylation sites is 1. The smallest absolute Gasteiger partial charge is 0.267 e. The number of nitrogens with zero attached hydrogens (tertiary/aromatic N) is 5. The van der Waals surface area contributed by atoms with Crippen molar-refractivity contribution in [3.8, 4) is 0 Å². The standard InChI is InChI=1S/C22H25N5O/c28-21-13-17-5-1-3-7-19(17)25-27(21)14-16-9-11-26(12-10-16)22-18-6-2-4-8-20(18)23-15-24-22/h2,4,6,8,13,15-16H,1,3,5,7,9-12,14H2. The maximum absolute atomic E-state index is 12.5. The molecule has 2 aromatic heterocycles. The van der Waals surface area contributed by atoms with Gasteiger partial charge in [0.15, 0.2) is 0 Å². The number of hydrogen-bond donors (Lipinski definition) is 0. The summed E-state index contributed by atoms with van der Waals surface area (Å²) in [5.74, 6) is 1.50. The average Bonchev–Trinajstić information content (AvgIpc) is 2.74. The van der Waals surface area contributed by atoms with Crippen LogP contribution in [0.5, 0.6) is 0 Å². The molecule has 0 radical (unpaired) electrons. The van der Waals surface area contributed by atoms with Crippen LogP contribution in [0.2, 0.25) is 0 Å². The number of piperidine rings is 1. The molecule has 1 aliphatic heterocycles. The second-order valence-electron chi connectivity index (χ2n) is 7.99. The van der Waals surface area contributed by atoms with Crippen molar-refractivity contribution in [3.05, 3.63) is 58.3 Å². The van der Waals surface area contributed by atoms with Gasteiger partial charge in [0.25, 0.3) is 5.56 Å². The van der Waals surface area contributed by atoms with E-state index in [0.717, 1.165) is 73.3 Å². The fraction of sp³-hybridized carbons (Fsp3) is 0.455. The Balaban J connectivity index is 1.29. The summed E-state index contributed by atoms with van der Waals surface area (Å²) in [6.07, 6.45) is 8.11. The molecule has 28 heavy (non-hydrogen) atoms. The number of aromatic nitrogens is 4. The molecule has 144 valence electrons. The summed E-state index contributed by atoms with van der Waals surface area (Å²) in [6.45, 7) is 2.63. The highest BCUT2D eigenvalue weighted by molar-refractivity contribution is 5.89. The highest BCUT2D eigenvalue weighted by atomic mass is 16.1. The quantitative estimate of drug-likeness (QED) is 0.704. The Morgan fingerprint density at radius 1 is 1.04 bits per heavy atom. The molecule has 1 saturated heterocycles. The predicted molar refractivity (Wildman–Crippen MR) is 110 cm³/mol. The van der Waals surface area contributed by atoms with Gasteiger partial charge in [0.1, 0.15) is 12.1 Å². The molecule has 0 N–H and O–H groups in total. The summed E-state index contributed by atoms with van der Waals surface area (Å²) in [6, 6.07) is 9.99. The topological polar surface area (TPSA) is 63.9 Å². The molecule has 6 heteroatoms. The van der Waals surface area contributed by atoms with E-state index in [1.54, 1.807) is 11.0 Å². The maximum atomic E-state index is 12.5. The molecular weight excluding hydrogens is 350 g/mol. The van der Waals surface area contributed by atoms with Crippen molar-refractivity contribution >= 4 is 16.7 Å². The molecule has 0 unspecified atom stereocenters. The first-order valence-corrected chi connectivity index (χ1v) is 10.3. The van der Waals surface area contributed by atoms with Gasteiger partial charge in [0.2, 0.25) is 0 Å². The first-order valence-electron chi connectivity index (χ1n) is 10.3. The summed E-state index contributed by atoms with van der Waals surface area (Å²) >= 11 is 0. The van der Waals surface area contributed by atoms with Gasteiger partial charge in [-0.2, -0.15) is 5.10 Å². The Kier molecular flexibility index (Phi) is 4.55. The lowest BCUT2D eigenvalue weighted by Gasteiger charge is -2.33. The molecule has 3 heterocycles. The molecule has 3 aromatic rings. The van der Waals surface area contributed by atoms with E-state index in [-0.39, 0.29) is 5.56 Å². The fourth-order valence-electron chi connectivity index (χ4n) is 4.55. The summed E-state index contributed by atoms with van der Waals surface area (Å²) in [4.78, 5) is 23.7. The molecule has 0 saturated carbocycles. The fourth-order valence-corrected chi connectivity index (χ4v) is 4.55. The summed E-state index contributed by atoms with van der Waals surface area (Å²) in [7, 11) is 0. The normalized spacial score (nSPS) is 17.6. The zero-order chi connectivity index (χ0) is 18.9. The van der Waals surface area contributed by atoms with Gasteiger partial charge in [-0.15, -0.1) is 0 Å². The van der Waals surface area contributed by atoms with E-state index >= 15 is 0 Å². The van der Waals surface area contributed by atoms with E-state index in [2.05, 4.69) is 20.9 Å². The number of benzene rings is 1. The second-order valence-corrected chi connectivity index (χ2v) is 7.99. The number of rotatable bonds is 3. The molecule has 6 nitrogen and oxygen atoms in total. The van der Waals surface area contributed by atoms with Crippen molar-refractivity contribution in [2.45, 2.75) is 45.1 Å². The lowest BCUT2D eigenvalue weighted by molar-refractivity contribution is 0.331. The van der Waals surface area contributed by atoms with Gasteiger partial charge in [0.05, 0.1) is 11.2 Å². The van der Waals surface area contributed by atoms with Crippen molar-refractivity contribution < 1.29 is 0 Å². The van der Waals surface area contributed by atoms with Crippen LogP contribution in [0.3, 0.4) is 0 Å². The largest absolute Gasteiger partial charge is 0.356 e. The van der Waals surface area contributed by atoms with Crippen LogP contribution in [0.25, 0.3) is 10.9 Å². The van der Waals surface area contributed by atoms with E-state index < -0.39 is 0 Å². The van der Waals surface area contributed by atoms with E-state index in [4.69, 9.17) is 5.10 Å². The third-order valence-corrected chi connectivity index (χ3v) is 6.14. The minimum atomic E-state index is 0.0601. The maximum Gasteiger partial charge on any atom is 0.267 e. The van der Waals surface area contributed by atoms with Crippen molar-refractivity contribution in [1.29, 1.82) is 0 Å². The Morgan fingerprint density at radius 3 is 2.75 bits per heavy atom. The Bertz CT molecular complexity index is 1050. The van der Waals surface area contributed by atoms with Gasteiger partial charge in [-0.05, 0) is 62.1 Å². The lowest BCUT2D eigenvalue weighted by atomic mass is 9.95. The molecule has 5 rings (SSSR count). The first kappa shape index (κ1) is 17.3. The molecule has 2 aliphatic rings. The first-order chi connectivity index (χ1) is 13.8. The van der Waals surface area contributed by atoms with Crippen LogP contribution in [-0.4, -0.2) is 32.8 Å². The van der Waals surface area contributed by atoms with Crippen molar-refractivity contribution in [1.82, 2.24) is 19.7 Å². The van der Waals surface area contributed by atoms with E-state index in [9.17, 15) is 4.79 Å². The van der Waals surface area contributed by atoms with Crippen LogP contribution < -0.4 is 10.5 Å². The van der Waals surface area contributed by atoms with Crippen LogP contribution >= 0.6 is 0 Å². The van der Waals surface area contributed by atoms with Crippen LogP contribution in [0, 0.1) is 5.92 Å². The van der Waals surface area contributed by atoms with Crippen LogP contribution in [0.4, 0.5) is 5.82 Å². The average molecular weight is 375 g/mol. The highest BCUT2D eigenvalue weighted by Gasteiger charge is 2.23. The highest BCUT2D eigenvalue weighted by Crippen LogP contribution is 2.27. The van der Waals surface area contributed by atoms with Gasteiger partial charge >= 0.3 is 0 Å². The van der Waals surface area contributed by atoms with E-state index in [0.29, 0.717) is 5.92 Å². The number of aryl methyl sites for hydroxylation is 2. The number of fused-ring (bicyclic) bond motifs is 2. The van der Waals surface area contributed by atoms with Crippen LogP contribution in [-0.2, 0) is 19.4 Å². The lowest BCUT2D eigenvalue weighted by Crippen LogP contribution is -2.37. The SMILES string of the molecule is O=c1cc2c(nn1CC1CCN(c3ncnc4ccccc34)CC1)CCCC2. The summed E-state index contributed by atoms with van der Waals surface area (Å²) < 4.78 is 1.71. The summed E-state index contributed by atoms with van der Waals surface area (Å²) in [5.41, 5.74) is 3.35. The van der Waals surface area contributed by atoms with Crippen molar-refractivity contribution in [3.63, 3.8) is 0 Å². The van der Waals surface area contributed by atoms with Gasteiger partial charge < -0.3 is 4.90 Å². The van der Waals surface area contributed by atoms with E-state index in [1.165, 1.54) is 12.8 Å². The molecule has 0 spiro atoms. The summed E-state index contributed by atoms with van der Waals surface area (Å²) in [5, 5.41) is 5.80. The zero-order valence-electron chi connectivity index (χ0n) is 16.0. The van der Waals surface area contributed by atoms with Gasteiger partial charge in [-0.1, -0.05) is 12.1 Å². The van der Waals surface area contributed by atoms with Crippen molar-refractivity contribution in [2.75, 3.05) is 18.0 Å². The van der Waals surface area contributed by atoms with Crippen LogP contribution in [0.15, 0.2) is 41.5 Å². The minimum Gasteiger partial charge on any atom is -0.356 e. The van der Waals surface area contributed by atoms with E-state index in [1.807, 2.05) is 24.3 Å². The molecule has 1 fully saturated rings. The van der Waals surface area contributed by atoms with Gasteiger partial charge in [-0.3, -0.25) is 4.79 Å². The zero-order valence-corrected chi connectivity index (χ0v) is 16.0. The molecule has 0 atom stereocenters. The third kappa shape index (κ3) is 3.28. The van der Waals surface area contributed by atoms with Gasteiger partial charge in [0, 0.05) is 31.1 Å². The Morgan fingerprint density at radius 2 is 1.86 bits per heavy atom. The Labute approximate surface area is 164 Å². The van der Waals surface area contributed by atoms with Crippen LogP contribution in [0.1, 0.15) is 36.9 Å². The molecular formula is C22H25N5O. The number of hydrogen-bond acceptors (Lipinski definition) is 5. The molecule has 1 aromatic carbocycles. The number of anilines is 1. The third-order valence-electron chi connectivity index (χ3n) is 6.14. The molecule has 0 amide bonds. The monoisotopic (exact) mass is 375 g/mol. The minimum absolute atomic E-state index is 0.0601. The molecule has 0 bridgehead atoms. The van der Waals surface area contributed by atoms with Crippen molar-refractivity contribution in [2.24, 2.45) is 5.92 Å².